The molecule has 5 N–H and O–H groups in total. The molecule has 0 aliphatic carbocycles. The van der Waals surface area contributed by atoms with Crippen molar-refractivity contribution in [3.8, 4) is 0 Å². The van der Waals surface area contributed by atoms with E-state index in [1.165, 1.54) is 101 Å². The molecule has 1 aliphatic rings. The number of amides is 1. The smallest absolute Gasteiger partial charge is 0.329 e. The Labute approximate surface area is 281 Å². The van der Waals surface area contributed by atoms with E-state index in [9.17, 15) is 30.0 Å². The number of unbranched alkanes of at least 4 members (excludes halogenated alkanes) is 18. The van der Waals surface area contributed by atoms with Crippen molar-refractivity contribution in [1.82, 2.24) is 5.32 Å². The number of hydrogen-bond donors (Lipinski definition) is 5. The summed E-state index contributed by atoms with van der Waals surface area (Å²) < 4.78 is 11.1. The van der Waals surface area contributed by atoms with Gasteiger partial charge in [0.05, 0.1) is 13.2 Å². The predicted molar refractivity (Wildman–Crippen MR) is 185 cm³/mol. The third-order valence-electron chi connectivity index (χ3n) is 8.37. The molecule has 0 radical (unpaired) electrons. The summed E-state index contributed by atoms with van der Waals surface area (Å²) in [6, 6.07) is -0.855. The minimum absolute atomic E-state index is 0.181. The van der Waals surface area contributed by atoms with Gasteiger partial charge in [-0.25, -0.2) is 4.79 Å². The van der Waals surface area contributed by atoms with Crippen LogP contribution in [0.2, 0.25) is 0 Å². The number of carbonyl (C=O) groups is 2. The summed E-state index contributed by atoms with van der Waals surface area (Å²) in [4.78, 5) is 25.7. The van der Waals surface area contributed by atoms with Gasteiger partial charge in [0.1, 0.15) is 35.9 Å². The van der Waals surface area contributed by atoms with Gasteiger partial charge in [0.2, 0.25) is 5.91 Å². The molecule has 1 fully saturated rings. The number of aliphatic hydroxyl groups is 4. The fourth-order valence-corrected chi connectivity index (χ4v) is 7.95. The topological polar surface area (TPSA) is 146 Å². The Kier molecular flexibility index (Phi) is 26.8. The van der Waals surface area contributed by atoms with Gasteiger partial charge in [0, 0.05) is 12.2 Å². The molecular formula is C34H65NO8S2. The number of rotatable bonds is 29. The van der Waals surface area contributed by atoms with E-state index in [1.54, 1.807) is 0 Å². The number of esters is 1. The van der Waals surface area contributed by atoms with Gasteiger partial charge in [-0.15, -0.1) is 0 Å². The van der Waals surface area contributed by atoms with E-state index >= 15 is 0 Å². The van der Waals surface area contributed by atoms with Crippen LogP contribution in [-0.4, -0.2) is 87.2 Å². The number of ether oxygens (including phenoxy) is 2. The van der Waals surface area contributed by atoms with Crippen LogP contribution in [0.1, 0.15) is 149 Å². The molecule has 9 nitrogen and oxygen atoms in total. The van der Waals surface area contributed by atoms with Gasteiger partial charge in [0.15, 0.2) is 0 Å². The fraction of sp³-hybridized carbons (Fsp3) is 0.941. The van der Waals surface area contributed by atoms with Crippen molar-refractivity contribution in [3.63, 3.8) is 0 Å². The molecule has 1 heterocycles. The van der Waals surface area contributed by atoms with Gasteiger partial charge >= 0.3 is 5.97 Å². The lowest BCUT2D eigenvalue weighted by Crippen LogP contribution is -2.57. The molecule has 0 saturated carbocycles. The molecule has 1 aliphatic heterocycles. The molecule has 11 heteroatoms. The van der Waals surface area contributed by atoms with Crippen LogP contribution in [-0.2, 0) is 19.1 Å². The fourth-order valence-electron chi connectivity index (χ4n) is 5.39. The SMILES string of the molecule is CCCCCCCCCCCCOC(=O)C(CSSC1OC(CO)[C@@H](O)[C@H](O)[C@H]1O)NC(=O)CCCCCCCCCCCC. The summed E-state index contributed by atoms with van der Waals surface area (Å²) >= 11 is 0. The van der Waals surface area contributed by atoms with Gasteiger partial charge in [0.25, 0.3) is 0 Å². The monoisotopic (exact) mass is 679 g/mol. The van der Waals surface area contributed by atoms with E-state index in [0.29, 0.717) is 13.0 Å². The Balaban J connectivity index is 2.44. The molecule has 1 rings (SSSR count). The zero-order chi connectivity index (χ0) is 33.1. The van der Waals surface area contributed by atoms with E-state index < -0.39 is 48.5 Å². The quantitative estimate of drug-likeness (QED) is 0.0341. The van der Waals surface area contributed by atoms with E-state index in [-0.39, 0.29) is 11.7 Å². The second-order valence-electron chi connectivity index (χ2n) is 12.5. The Morgan fingerprint density at radius 2 is 1.20 bits per heavy atom. The maximum atomic E-state index is 13.0. The highest BCUT2D eigenvalue weighted by molar-refractivity contribution is 8.76. The molecule has 0 aromatic carbocycles. The van der Waals surface area contributed by atoms with Crippen molar-refractivity contribution in [3.05, 3.63) is 0 Å². The Morgan fingerprint density at radius 1 is 0.711 bits per heavy atom. The van der Waals surface area contributed by atoms with E-state index in [1.807, 2.05) is 0 Å². The summed E-state index contributed by atoms with van der Waals surface area (Å²) in [5.41, 5.74) is -0.920. The third-order valence-corrected chi connectivity index (χ3v) is 10.9. The number of aliphatic hydroxyl groups excluding tert-OH is 4. The van der Waals surface area contributed by atoms with Gasteiger partial charge in [-0.05, 0) is 12.8 Å². The van der Waals surface area contributed by atoms with Crippen LogP contribution in [0.5, 0.6) is 0 Å². The second kappa shape index (κ2) is 28.5. The molecule has 0 spiro atoms. The first-order valence-electron chi connectivity index (χ1n) is 17.9. The van der Waals surface area contributed by atoms with Crippen LogP contribution in [0.3, 0.4) is 0 Å². The van der Waals surface area contributed by atoms with Crippen LogP contribution in [0.25, 0.3) is 0 Å². The molecule has 1 amide bonds. The molecule has 1 saturated heterocycles. The summed E-state index contributed by atoms with van der Waals surface area (Å²) in [7, 11) is 2.29. The van der Waals surface area contributed by atoms with E-state index in [0.717, 1.165) is 49.3 Å². The normalized spacial score (nSPS) is 22.3. The highest BCUT2D eigenvalue weighted by Crippen LogP contribution is 2.36. The summed E-state index contributed by atoms with van der Waals surface area (Å²) in [6.45, 7) is 4.26. The standard InChI is InChI=1S/C34H65NO8S2/c1-3-5-7-9-11-13-15-17-19-21-23-29(37)35-27(26-44-45-34-32(40)31(39)30(38)28(25-36)43-34)33(41)42-24-22-20-18-16-14-12-10-8-6-4-2/h27-28,30-32,34,36,38-40H,3-26H2,1-2H3,(H,35,37)/t27?,28?,30-,31+,32-,34?/m1/s1. The average molecular weight is 680 g/mol. The molecule has 6 atom stereocenters. The van der Waals surface area contributed by atoms with Gasteiger partial charge in [-0.3, -0.25) is 4.79 Å². The van der Waals surface area contributed by atoms with E-state index in [2.05, 4.69) is 19.2 Å². The maximum absolute atomic E-state index is 13.0. The van der Waals surface area contributed by atoms with Crippen LogP contribution >= 0.6 is 21.6 Å². The Bertz CT molecular complexity index is 732. The lowest BCUT2D eigenvalue weighted by Gasteiger charge is -2.39. The zero-order valence-corrected chi connectivity index (χ0v) is 29.8. The lowest BCUT2D eigenvalue weighted by molar-refractivity contribution is -0.205. The summed E-state index contributed by atoms with van der Waals surface area (Å²) in [5.74, 6) is -0.488. The first kappa shape index (κ1) is 42.5. The largest absolute Gasteiger partial charge is 0.464 e. The van der Waals surface area contributed by atoms with Gasteiger partial charge < -0.3 is 35.2 Å². The van der Waals surface area contributed by atoms with E-state index in [4.69, 9.17) is 9.47 Å². The molecule has 266 valence electrons. The van der Waals surface area contributed by atoms with Gasteiger partial charge in [-0.1, -0.05) is 151 Å². The predicted octanol–water partition coefficient (Wildman–Crippen LogP) is 6.43. The van der Waals surface area contributed by atoms with Crippen LogP contribution < -0.4 is 5.32 Å². The first-order valence-corrected chi connectivity index (χ1v) is 20.3. The number of nitrogens with one attached hydrogen (secondary N) is 1. The third kappa shape index (κ3) is 20.4. The van der Waals surface area contributed by atoms with Gasteiger partial charge in [-0.2, -0.15) is 0 Å². The second-order valence-corrected chi connectivity index (χ2v) is 15.0. The lowest BCUT2D eigenvalue weighted by atomic mass is 10.0. The first-order chi connectivity index (χ1) is 21.8. The number of carbonyl (C=O) groups excluding carboxylic acids is 2. The summed E-state index contributed by atoms with van der Waals surface area (Å²) in [6.07, 6.45) is 18.7. The maximum Gasteiger partial charge on any atom is 0.329 e. The van der Waals surface area contributed by atoms with Crippen molar-refractivity contribution in [1.29, 1.82) is 0 Å². The molecule has 0 aromatic rings. The van der Waals surface area contributed by atoms with Crippen LogP contribution in [0.15, 0.2) is 0 Å². The summed E-state index contributed by atoms with van der Waals surface area (Å²) in [5, 5.41) is 42.7. The molecule has 45 heavy (non-hydrogen) atoms. The average Bonchev–Trinajstić information content (AvgIpc) is 3.03. The van der Waals surface area contributed by atoms with Crippen molar-refractivity contribution in [2.24, 2.45) is 0 Å². The Hall–Kier alpha value is -0.560. The minimum atomic E-state index is -1.46. The van der Waals surface area contributed by atoms with Crippen LogP contribution in [0.4, 0.5) is 0 Å². The molecule has 0 bridgehead atoms. The van der Waals surface area contributed by atoms with Crippen molar-refractivity contribution < 1.29 is 39.5 Å². The van der Waals surface area contributed by atoms with Crippen molar-refractivity contribution in [2.75, 3.05) is 19.0 Å². The molecule has 3 unspecified atom stereocenters. The number of hydrogen-bond acceptors (Lipinski definition) is 10. The Morgan fingerprint density at radius 3 is 1.71 bits per heavy atom. The minimum Gasteiger partial charge on any atom is -0.464 e. The molecular weight excluding hydrogens is 615 g/mol. The highest BCUT2D eigenvalue weighted by Gasteiger charge is 2.43. The van der Waals surface area contributed by atoms with Crippen molar-refractivity contribution >= 4 is 33.5 Å². The highest BCUT2D eigenvalue weighted by atomic mass is 33.1. The zero-order valence-electron chi connectivity index (χ0n) is 28.2. The molecule has 0 aromatic heterocycles. The van der Waals surface area contributed by atoms with Crippen molar-refractivity contribution in [2.45, 2.75) is 185 Å². The van der Waals surface area contributed by atoms with Crippen LogP contribution in [0, 0.1) is 0 Å².